The highest BCUT2D eigenvalue weighted by molar-refractivity contribution is 6.02. The Labute approximate surface area is 409 Å². The van der Waals surface area contributed by atoms with Crippen molar-refractivity contribution in [3.8, 4) is 39.8 Å². The summed E-state index contributed by atoms with van der Waals surface area (Å²) in [6, 6.07) is 26.3. The highest BCUT2D eigenvalue weighted by Gasteiger charge is 2.19. The van der Waals surface area contributed by atoms with Crippen molar-refractivity contribution in [2.45, 2.75) is 19.9 Å². The highest BCUT2D eigenvalue weighted by Crippen LogP contribution is 2.39. The third kappa shape index (κ3) is 12.2. The van der Waals surface area contributed by atoms with E-state index in [9.17, 15) is 4.79 Å². The molecule has 8 aromatic rings. The number of likely N-dealkylation sites (N-methyl/N-ethyl adjacent to an activating group) is 2. The monoisotopic (exact) mass is 946 g/mol. The predicted molar refractivity (Wildman–Crippen MR) is 282 cm³/mol. The number of methoxy groups -OCH3 is 3. The number of rotatable bonds is 19. The predicted octanol–water partition coefficient (Wildman–Crippen LogP) is 8.69. The second-order valence-corrected chi connectivity index (χ2v) is 17.2. The molecule has 0 atom stereocenters. The van der Waals surface area contributed by atoms with E-state index in [2.05, 4.69) is 101 Å². The smallest absolute Gasteiger partial charge is 0.247 e. The summed E-state index contributed by atoms with van der Waals surface area (Å²) in [6.07, 6.45) is 10.6. The number of hydrogen-bond donors (Lipinski definition) is 3. The molecule has 0 aliphatic heterocycles. The molecule has 1 amide bonds. The van der Waals surface area contributed by atoms with Gasteiger partial charge in [0, 0.05) is 130 Å². The van der Waals surface area contributed by atoms with Gasteiger partial charge in [-0.1, -0.05) is 38.6 Å². The highest BCUT2D eigenvalue weighted by atomic mass is 16.5. The molecule has 4 aromatic heterocycles. The minimum Gasteiger partial charge on any atom is -0.497 e. The van der Waals surface area contributed by atoms with Crippen LogP contribution in [0.1, 0.15) is 13.8 Å². The molecule has 0 radical (unpaired) electrons. The number of ether oxygens (including phenoxy) is 3. The third-order valence-corrected chi connectivity index (χ3v) is 11.5. The first kappa shape index (κ1) is 49.9. The van der Waals surface area contributed by atoms with Crippen LogP contribution in [0.3, 0.4) is 0 Å². The van der Waals surface area contributed by atoms with Crippen molar-refractivity contribution in [1.82, 2.24) is 44.5 Å². The van der Waals surface area contributed by atoms with Crippen LogP contribution in [0.4, 0.5) is 34.4 Å². The molecule has 0 saturated heterocycles. The van der Waals surface area contributed by atoms with Gasteiger partial charge in [-0.15, -0.1) is 0 Å². The molecule has 0 unspecified atom stereocenters. The molecular weight excluding hydrogens is 883 g/mol. The van der Waals surface area contributed by atoms with Gasteiger partial charge in [0.2, 0.25) is 11.9 Å². The van der Waals surface area contributed by atoms with Crippen molar-refractivity contribution >= 4 is 62.2 Å². The quantitative estimate of drug-likeness (QED) is 0.0660. The number of para-hydroxylation sites is 1. The van der Waals surface area contributed by atoms with Crippen LogP contribution in [-0.4, -0.2) is 120 Å². The molecule has 17 heteroatoms. The van der Waals surface area contributed by atoms with Gasteiger partial charge >= 0.3 is 0 Å². The average molecular weight is 946 g/mol. The summed E-state index contributed by atoms with van der Waals surface area (Å²) in [4.78, 5) is 37.3. The Morgan fingerprint density at radius 1 is 0.786 bits per heavy atom. The van der Waals surface area contributed by atoms with Gasteiger partial charge in [0.1, 0.15) is 17.2 Å². The van der Waals surface area contributed by atoms with E-state index >= 15 is 0 Å². The van der Waals surface area contributed by atoms with Gasteiger partial charge in [0.15, 0.2) is 0 Å². The number of nitrogens with one attached hydrogen (secondary N) is 3. The third-order valence-electron chi connectivity index (χ3n) is 11.5. The second-order valence-electron chi connectivity index (χ2n) is 17.2. The lowest BCUT2D eigenvalue weighted by Crippen LogP contribution is -2.32. The minimum atomic E-state index is -0.299. The SMILES string of the molecule is C=CC(=O)Nc1cc(Nc2nccc(-c3cn(C)c4ccccc34)n2)c(OC)cc1N(C)CCN(C)C.COc1cc(OC)cc(N(CCNC(C)C)c2ccc3ncc(-c4cnn(C)c4)nc3c2)c1. The number of carbonyl (C=O) groups is 1. The van der Waals surface area contributed by atoms with Crippen LogP contribution in [0.15, 0.2) is 123 Å². The number of aromatic nitrogens is 7. The zero-order valence-electron chi connectivity index (χ0n) is 41.7. The number of carbonyl (C=O) groups excluding carboxylic acids is 1. The van der Waals surface area contributed by atoms with E-state index in [-0.39, 0.29) is 5.91 Å². The van der Waals surface area contributed by atoms with E-state index in [4.69, 9.17) is 24.2 Å². The number of hydrogen-bond acceptors (Lipinski definition) is 14. The molecular formula is C53H63N13O4. The van der Waals surface area contributed by atoms with Crippen molar-refractivity contribution < 1.29 is 19.0 Å². The Morgan fingerprint density at radius 2 is 1.56 bits per heavy atom. The summed E-state index contributed by atoms with van der Waals surface area (Å²) in [5.74, 6) is 2.20. The van der Waals surface area contributed by atoms with Crippen LogP contribution < -0.4 is 40.0 Å². The first-order valence-electron chi connectivity index (χ1n) is 22.9. The fourth-order valence-corrected chi connectivity index (χ4v) is 7.82. The summed E-state index contributed by atoms with van der Waals surface area (Å²) in [6.45, 7) is 11.1. The van der Waals surface area contributed by atoms with Crippen LogP contribution in [-0.2, 0) is 18.9 Å². The van der Waals surface area contributed by atoms with Crippen molar-refractivity contribution in [2.24, 2.45) is 14.1 Å². The van der Waals surface area contributed by atoms with Crippen molar-refractivity contribution in [3.05, 3.63) is 123 Å². The molecule has 0 bridgehead atoms. The standard InChI is InChI=1S/C28H33N7O2.C25H30N6O2/c1-7-27(36)30-22-16-23(26(37-6)17-25(22)34(4)15-14-33(2)3)32-28-29-13-12-21(31-28)20-18-35(5)24-11-9-8-10-19(20)24;1-17(2)26-8-9-31(20-10-21(32-4)13-22(11-20)33-5)19-6-7-23-24(12-19)29-25(15-27-23)18-14-28-30(3)16-18/h7-13,16-18H,1,14-15H2,2-6H3,(H,30,36)(H,29,31,32);6-7,10-17,26H,8-9H2,1-5H3. The molecule has 364 valence electrons. The van der Waals surface area contributed by atoms with Crippen LogP contribution >= 0.6 is 0 Å². The average Bonchev–Trinajstić information content (AvgIpc) is 3.96. The lowest BCUT2D eigenvalue weighted by Gasteiger charge is -2.27. The fraction of sp³-hybridized carbons (Fsp3) is 0.283. The Balaban J connectivity index is 0.000000208. The van der Waals surface area contributed by atoms with Gasteiger partial charge in [0.05, 0.1) is 73.2 Å². The molecule has 0 fully saturated rings. The Hall–Kier alpha value is -8.02. The second kappa shape index (κ2) is 22.9. The largest absolute Gasteiger partial charge is 0.497 e. The summed E-state index contributed by atoms with van der Waals surface area (Å²) >= 11 is 0. The number of nitrogens with zero attached hydrogens (tertiary/aromatic N) is 10. The van der Waals surface area contributed by atoms with Gasteiger partial charge in [-0.2, -0.15) is 5.10 Å². The molecule has 0 aliphatic rings. The molecule has 70 heavy (non-hydrogen) atoms. The maximum Gasteiger partial charge on any atom is 0.247 e. The lowest BCUT2D eigenvalue weighted by molar-refractivity contribution is -0.111. The van der Waals surface area contributed by atoms with E-state index in [1.54, 1.807) is 44.6 Å². The van der Waals surface area contributed by atoms with Crippen molar-refractivity contribution in [2.75, 3.05) is 89.1 Å². The lowest BCUT2D eigenvalue weighted by atomic mass is 10.1. The first-order chi connectivity index (χ1) is 33.8. The molecule has 4 aromatic carbocycles. The Kier molecular flexibility index (Phi) is 16.3. The van der Waals surface area contributed by atoms with E-state index in [0.29, 0.717) is 29.1 Å². The summed E-state index contributed by atoms with van der Waals surface area (Å²) in [7, 11) is 14.9. The molecule has 0 spiro atoms. The van der Waals surface area contributed by atoms with E-state index in [1.165, 1.54) is 6.08 Å². The minimum absolute atomic E-state index is 0.299. The van der Waals surface area contributed by atoms with Crippen molar-refractivity contribution in [1.29, 1.82) is 0 Å². The van der Waals surface area contributed by atoms with Gasteiger partial charge < -0.3 is 49.4 Å². The molecule has 3 N–H and O–H groups in total. The van der Waals surface area contributed by atoms with Crippen molar-refractivity contribution in [3.63, 3.8) is 0 Å². The Bertz CT molecular complexity index is 3050. The molecule has 8 rings (SSSR count). The van der Waals surface area contributed by atoms with Gasteiger partial charge in [0.25, 0.3) is 0 Å². The molecule has 0 saturated carbocycles. The van der Waals surface area contributed by atoms with Gasteiger partial charge in [-0.3, -0.25) is 14.5 Å². The first-order valence-corrected chi connectivity index (χ1v) is 22.9. The number of anilines is 6. The van der Waals surface area contributed by atoms with Crippen LogP contribution in [0.2, 0.25) is 0 Å². The number of aryl methyl sites for hydroxylation is 2. The normalized spacial score (nSPS) is 11.1. The maximum atomic E-state index is 12.2. The molecule has 4 heterocycles. The van der Waals surface area contributed by atoms with Gasteiger partial charge in [-0.25, -0.2) is 15.0 Å². The van der Waals surface area contributed by atoms with E-state index in [1.807, 2.05) is 96.0 Å². The number of fused-ring (bicyclic) bond motifs is 2. The topological polar surface area (TPSA) is 165 Å². The van der Waals surface area contributed by atoms with Crippen LogP contribution in [0.5, 0.6) is 17.2 Å². The molecule has 0 aliphatic carbocycles. The molecule has 17 nitrogen and oxygen atoms in total. The van der Waals surface area contributed by atoms with Crippen LogP contribution in [0, 0.1) is 0 Å². The summed E-state index contributed by atoms with van der Waals surface area (Å²) in [5.41, 5.74) is 10.4. The van der Waals surface area contributed by atoms with Crippen LogP contribution in [0.25, 0.3) is 44.5 Å². The van der Waals surface area contributed by atoms with Gasteiger partial charge in [-0.05, 0) is 56.6 Å². The zero-order valence-corrected chi connectivity index (χ0v) is 41.7. The fourth-order valence-electron chi connectivity index (χ4n) is 7.82. The number of amides is 1. The van der Waals surface area contributed by atoms with E-state index < -0.39 is 0 Å². The number of benzene rings is 4. The summed E-state index contributed by atoms with van der Waals surface area (Å²) < 4.78 is 20.6. The maximum absolute atomic E-state index is 12.2. The Morgan fingerprint density at radius 3 is 2.24 bits per heavy atom. The van der Waals surface area contributed by atoms with E-state index in [0.717, 1.165) is 99.2 Å². The zero-order chi connectivity index (χ0) is 49.9. The summed E-state index contributed by atoms with van der Waals surface area (Å²) in [5, 5.41) is 15.1.